The fourth-order valence-corrected chi connectivity index (χ4v) is 4.63. The fourth-order valence-electron chi connectivity index (χ4n) is 3.73. The van der Waals surface area contributed by atoms with Crippen LogP contribution in [0.2, 0.25) is 0 Å². The van der Waals surface area contributed by atoms with Gasteiger partial charge < -0.3 is 9.32 Å². The first kappa shape index (κ1) is 18.4. The van der Waals surface area contributed by atoms with Gasteiger partial charge in [0.15, 0.2) is 24.4 Å². The molecular formula is C22H28N3OS+. The summed E-state index contributed by atoms with van der Waals surface area (Å²) in [5.74, 6) is 3.26. The number of hydrogen-bond donors (Lipinski definition) is 0. The quantitative estimate of drug-likeness (QED) is 0.492. The lowest BCUT2D eigenvalue weighted by molar-refractivity contribution is 0.598. The van der Waals surface area contributed by atoms with Crippen molar-refractivity contribution in [2.75, 3.05) is 42.6 Å². The minimum Gasteiger partial charge on any atom is -0.452 e. The Kier molecular flexibility index (Phi) is 5.67. The molecule has 0 amide bonds. The van der Waals surface area contributed by atoms with Crippen LogP contribution in [0, 0.1) is 0 Å². The van der Waals surface area contributed by atoms with Gasteiger partial charge in [-0.25, -0.2) is 9.56 Å². The van der Waals surface area contributed by atoms with Gasteiger partial charge in [-0.1, -0.05) is 13.8 Å². The largest absolute Gasteiger partial charge is 0.452 e. The third-order valence-electron chi connectivity index (χ3n) is 5.08. The van der Waals surface area contributed by atoms with E-state index >= 15 is 0 Å². The molecule has 0 unspecified atom stereocenters. The maximum Gasteiger partial charge on any atom is 0.203 e. The fraction of sp³-hybridized carbons (Fsp3) is 0.455. The number of aromatic nitrogens is 1. The van der Waals surface area contributed by atoms with Crippen molar-refractivity contribution < 1.29 is 4.42 Å². The van der Waals surface area contributed by atoms with E-state index in [1.54, 1.807) is 0 Å². The first-order valence-corrected chi connectivity index (χ1v) is 11.2. The van der Waals surface area contributed by atoms with Crippen molar-refractivity contribution in [3.05, 3.63) is 41.8 Å². The van der Waals surface area contributed by atoms with Crippen LogP contribution < -0.4 is 14.8 Å². The van der Waals surface area contributed by atoms with Gasteiger partial charge in [-0.3, -0.25) is 0 Å². The molecule has 0 aromatic heterocycles. The van der Waals surface area contributed by atoms with Gasteiger partial charge in [0.1, 0.15) is 11.2 Å². The van der Waals surface area contributed by atoms with Crippen molar-refractivity contribution >= 4 is 28.5 Å². The number of anilines is 1. The highest BCUT2D eigenvalue weighted by atomic mass is 32.2. The Balaban J connectivity index is 1.78. The van der Waals surface area contributed by atoms with Crippen LogP contribution >= 0.6 is 11.8 Å². The number of rotatable bonds is 5. The molecule has 0 saturated carbocycles. The third kappa shape index (κ3) is 3.98. The van der Waals surface area contributed by atoms with Crippen molar-refractivity contribution in [1.29, 1.82) is 0 Å². The van der Waals surface area contributed by atoms with Crippen LogP contribution in [0.3, 0.4) is 0 Å². The zero-order valence-corrected chi connectivity index (χ0v) is 17.1. The zero-order chi connectivity index (χ0) is 18.6. The van der Waals surface area contributed by atoms with Gasteiger partial charge in [-0.2, -0.15) is 0 Å². The molecule has 1 aliphatic carbocycles. The van der Waals surface area contributed by atoms with Crippen LogP contribution in [-0.2, 0) is 0 Å². The van der Waals surface area contributed by atoms with Crippen molar-refractivity contribution in [2.24, 2.45) is 0 Å². The summed E-state index contributed by atoms with van der Waals surface area (Å²) < 4.78 is 8.74. The van der Waals surface area contributed by atoms with Gasteiger partial charge in [0.25, 0.3) is 0 Å². The van der Waals surface area contributed by atoms with E-state index in [0.29, 0.717) is 0 Å². The summed E-state index contributed by atoms with van der Waals surface area (Å²) >= 11 is 2.03. The van der Waals surface area contributed by atoms with Crippen LogP contribution in [0.5, 0.6) is 0 Å². The number of benzene rings is 2. The molecule has 0 N–H and O–H groups in total. The molecule has 142 valence electrons. The summed E-state index contributed by atoms with van der Waals surface area (Å²) in [6, 6.07) is 12.8. The second kappa shape index (κ2) is 8.34. The summed E-state index contributed by atoms with van der Waals surface area (Å²) in [5.41, 5.74) is 3.93. The Hall–Kier alpha value is -2.01. The van der Waals surface area contributed by atoms with Gasteiger partial charge in [-0.15, -0.1) is 11.8 Å². The van der Waals surface area contributed by atoms with Crippen molar-refractivity contribution in [3.8, 4) is 11.5 Å². The first-order chi connectivity index (χ1) is 13.3. The third-order valence-corrected chi connectivity index (χ3v) is 6.02. The van der Waals surface area contributed by atoms with Gasteiger partial charge in [0, 0.05) is 30.9 Å². The van der Waals surface area contributed by atoms with Gasteiger partial charge in [-0.05, 0) is 31.0 Å². The van der Waals surface area contributed by atoms with E-state index in [-0.39, 0.29) is 0 Å². The van der Waals surface area contributed by atoms with E-state index in [2.05, 4.69) is 59.7 Å². The highest BCUT2D eigenvalue weighted by Gasteiger charge is 2.16. The molecule has 0 atom stereocenters. The van der Waals surface area contributed by atoms with Crippen LogP contribution in [0.25, 0.3) is 22.6 Å². The van der Waals surface area contributed by atoms with Crippen LogP contribution in [0.1, 0.15) is 26.7 Å². The Bertz CT molecular complexity index is 951. The molecule has 0 bridgehead atoms. The van der Waals surface area contributed by atoms with E-state index in [0.717, 1.165) is 61.6 Å². The molecule has 1 aromatic carbocycles. The van der Waals surface area contributed by atoms with E-state index in [4.69, 9.17) is 9.40 Å². The standard InChI is InChI=1S/C22H28N3OS/c1-3-9-24(10-4-2)17-5-7-19-21(15-17)26-22-16-18(6-8-20(22)23-19)25-11-13-27-14-12-25/h5-8,15-16H,3-4,9-14H2,1-2H3/q+1. The van der Waals surface area contributed by atoms with Gasteiger partial charge in [0.05, 0.1) is 17.6 Å². The van der Waals surface area contributed by atoms with E-state index in [9.17, 15) is 0 Å². The smallest absolute Gasteiger partial charge is 0.203 e. The average molecular weight is 383 g/mol. The summed E-state index contributed by atoms with van der Waals surface area (Å²) in [6.07, 6.45) is 2.28. The molecule has 1 aromatic rings. The number of nitrogens with zero attached hydrogens (tertiary/aromatic N) is 3. The van der Waals surface area contributed by atoms with E-state index in [1.165, 1.54) is 22.6 Å². The second-order valence-electron chi connectivity index (χ2n) is 7.10. The van der Waals surface area contributed by atoms with E-state index < -0.39 is 0 Å². The molecule has 27 heavy (non-hydrogen) atoms. The lowest BCUT2D eigenvalue weighted by Gasteiger charge is -2.23. The van der Waals surface area contributed by atoms with E-state index in [1.807, 2.05) is 11.8 Å². The topological polar surface area (TPSA) is 32.3 Å². The molecule has 5 heteroatoms. The summed E-state index contributed by atoms with van der Waals surface area (Å²) in [7, 11) is 0. The predicted molar refractivity (Wildman–Crippen MR) is 116 cm³/mol. The molecule has 2 heterocycles. The second-order valence-corrected chi connectivity index (χ2v) is 8.33. The minimum atomic E-state index is 0.864. The molecule has 2 aliphatic heterocycles. The van der Waals surface area contributed by atoms with Crippen LogP contribution in [0.15, 0.2) is 40.8 Å². The van der Waals surface area contributed by atoms with Crippen molar-refractivity contribution in [1.82, 2.24) is 9.56 Å². The lowest BCUT2D eigenvalue weighted by Crippen LogP contribution is -2.36. The first-order valence-electron chi connectivity index (χ1n) is 10.0. The highest BCUT2D eigenvalue weighted by molar-refractivity contribution is 7.99. The molecule has 3 aliphatic rings. The summed E-state index contributed by atoms with van der Waals surface area (Å²) in [5, 5.41) is 1.24. The Morgan fingerprint density at radius 2 is 1.81 bits per heavy atom. The highest BCUT2D eigenvalue weighted by Crippen LogP contribution is 2.27. The van der Waals surface area contributed by atoms with Crippen LogP contribution in [0.4, 0.5) is 5.69 Å². The number of hydrogen-bond acceptors (Lipinski definition) is 4. The Labute approximate surface area is 165 Å². The molecule has 0 spiro atoms. The minimum absolute atomic E-state index is 0.864. The van der Waals surface area contributed by atoms with Gasteiger partial charge >= 0.3 is 0 Å². The summed E-state index contributed by atoms with van der Waals surface area (Å²) in [6.45, 7) is 8.79. The molecule has 4 rings (SSSR count). The lowest BCUT2D eigenvalue weighted by atomic mass is 10.2. The SMILES string of the molecule is CCCN(CCC)c1ccc2nc3ccc(=[N+]4CCSCC4)cc-3oc2c1. The zero-order valence-electron chi connectivity index (χ0n) is 16.3. The number of fused-ring (bicyclic) bond motifs is 2. The van der Waals surface area contributed by atoms with Crippen LogP contribution in [-0.4, -0.2) is 42.7 Å². The maximum absolute atomic E-state index is 6.30. The summed E-state index contributed by atoms with van der Waals surface area (Å²) in [4.78, 5) is 7.25. The predicted octanol–water partition coefficient (Wildman–Crippen LogP) is 4.08. The van der Waals surface area contributed by atoms with Crippen molar-refractivity contribution in [3.63, 3.8) is 0 Å². The number of thioether (sulfide) groups is 1. The molecular weight excluding hydrogens is 354 g/mol. The molecule has 0 radical (unpaired) electrons. The molecule has 1 fully saturated rings. The average Bonchev–Trinajstić information content (AvgIpc) is 2.72. The Morgan fingerprint density at radius 3 is 2.56 bits per heavy atom. The Morgan fingerprint density at radius 1 is 1.04 bits per heavy atom. The monoisotopic (exact) mass is 382 g/mol. The molecule has 4 nitrogen and oxygen atoms in total. The molecule has 1 saturated heterocycles. The van der Waals surface area contributed by atoms with Crippen molar-refractivity contribution in [2.45, 2.75) is 26.7 Å². The van der Waals surface area contributed by atoms with Gasteiger partial charge in [0.2, 0.25) is 5.36 Å². The maximum atomic E-state index is 6.30. The normalized spacial score (nSPS) is 14.8.